The molecular weight excluding hydrogens is 224 g/mol. The van der Waals surface area contributed by atoms with Crippen LogP contribution < -0.4 is 0 Å². The molecule has 0 atom stereocenters. The molecule has 18 heavy (non-hydrogen) atoms. The molecule has 0 bridgehead atoms. The largest absolute Gasteiger partial charge is 0.481 e. The third-order valence-corrected chi connectivity index (χ3v) is 3.15. The molecule has 0 aliphatic heterocycles. The van der Waals surface area contributed by atoms with Crippen LogP contribution in [0.15, 0.2) is 12.2 Å². The summed E-state index contributed by atoms with van der Waals surface area (Å²) in [5.41, 5.74) is 0. The van der Waals surface area contributed by atoms with E-state index >= 15 is 0 Å². The Labute approximate surface area is 112 Å². The molecule has 106 valence electrons. The van der Waals surface area contributed by atoms with Gasteiger partial charge in [0.15, 0.2) is 0 Å². The summed E-state index contributed by atoms with van der Waals surface area (Å²) in [7, 11) is 0. The van der Waals surface area contributed by atoms with Crippen molar-refractivity contribution in [2.45, 2.75) is 84.0 Å². The van der Waals surface area contributed by atoms with E-state index in [0.717, 1.165) is 12.8 Å². The molecule has 0 saturated heterocycles. The fourth-order valence-electron chi connectivity index (χ4n) is 1.99. The number of carboxylic acids is 1. The number of carboxylic acid groups (broad SMARTS) is 1. The Balaban J connectivity index is 3.04. The van der Waals surface area contributed by atoms with Crippen LogP contribution in [0.4, 0.5) is 0 Å². The summed E-state index contributed by atoms with van der Waals surface area (Å²) in [4.78, 5) is 10.3. The zero-order chi connectivity index (χ0) is 13.5. The first kappa shape index (κ1) is 17.2. The molecule has 0 fully saturated rings. The molecule has 0 spiro atoms. The van der Waals surface area contributed by atoms with E-state index in [4.69, 9.17) is 5.11 Å². The number of allylic oxidation sites excluding steroid dienone is 2. The maximum Gasteiger partial charge on any atom is 0.303 e. The lowest BCUT2D eigenvalue weighted by Crippen LogP contribution is -1.93. The molecule has 0 aromatic rings. The fraction of sp³-hybridized carbons (Fsp3) is 0.812. The monoisotopic (exact) mass is 254 g/mol. The van der Waals surface area contributed by atoms with E-state index in [2.05, 4.69) is 19.1 Å². The van der Waals surface area contributed by atoms with Gasteiger partial charge in [0.05, 0.1) is 0 Å². The molecule has 0 aliphatic carbocycles. The Kier molecular flexibility index (Phi) is 13.6. The summed E-state index contributed by atoms with van der Waals surface area (Å²) in [6, 6.07) is 0. The molecule has 0 unspecified atom stereocenters. The minimum atomic E-state index is -0.664. The van der Waals surface area contributed by atoms with E-state index in [0.29, 0.717) is 6.42 Å². The van der Waals surface area contributed by atoms with Gasteiger partial charge in [-0.1, -0.05) is 57.6 Å². The highest BCUT2D eigenvalue weighted by Crippen LogP contribution is 2.09. The van der Waals surface area contributed by atoms with E-state index in [1.807, 2.05) is 0 Å². The third kappa shape index (κ3) is 15.2. The quantitative estimate of drug-likeness (QED) is 0.356. The van der Waals surface area contributed by atoms with Crippen LogP contribution >= 0.6 is 0 Å². The van der Waals surface area contributed by atoms with Crippen molar-refractivity contribution in [1.29, 1.82) is 0 Å². The van der Waals surface area contributed by atoms with Crippen LogP contribution in [0.2, 0.25) is 0 Å². The second-order valence-electron chi connectivity index (χ2n) is 5.02. The summed E-state index contributed by atoms with van der Waals surface area (Å²) >= 11 is 0. The van der Waals surface area contributed by atoms with Gasteiger partial charge >= 0.3 is 5.97 Å². The van der Waals surface area contributed by atoms with E-state index in [9.17, 15) is 4.79 Å². The van der Waals surface area contributed by atoms with Gasteiger partial charge < -0.3 is 5.11 Å². The molecule has 0 amide bonds. The van der Waals surface area contributed by atoms with Crippen molar-refractivity contribution in [3.05, 3.63) is 12.2 Å². The predicted molar refractivity (Wildman–Crippen MR) is 77.9 cm³/mol. The molecule has 2 nitrogen and oxygen atoms in total. The van der Waals surface area contributed by atoms with Crippen molar-refractivity contribution >= 4 is 5.97 Å². The van der Waals surface area contributed by atoms with Gasteiger partial charge in [-0.3, -0.25) is 4.79 Å². The lowest BCUT2D eigenvalue weighted by Gasteiger charge is -1.99. The first-order chi connectivity index (χ1) is 8.77. The summed E-state index contributed by atoms with van der Waals surface area (Å²) in [5.74, 6) is -0.664. The van der Waals surface area contributed by atoms with E-state index < -0.39 is 5.97 Å². The van der Waals surface area contributed by atoms with Crippen molar-refractivity contribution in [1.82, 2.24) is 0 Å². The van der Waals surface area contributed by atoms with Crippen molar-refractivity contribution in [2.75, 3.05) is 0 Å². The molecule has 0 heterocycles. The van der Waals surface area contributed by atoms with Crippen LogP contribution in [-0.4, -0.2) is 11.1 Å². The van der Waals surface area contributed by atoms with Gasteiger partial charge in [-0.25, -0.2) is 0 Å². The second kappa shape index (κ2) is 14.3. The first-order valence-electron chi connectivity index (χ1n) is 7.64. The first-order valence-corrected chi connectivity index (χ1v) is 7.64. The lowest BCUT2D eigenvalue weighted by molar-refractivity contribution is -0.137. The molecule has 0 saturated carbocycles. The van der Waals surface area contributed by atoms with Gasteiger partial charge in [0.2, 0.25) is 0 Å². The van der Waals surface area contributed by atoms with Crippen LogP contribution in [0.5, 0.6) is 0 Å². The molecular formula is C16H30O2. The van der Waals surface area contributed by atoms with E-state index in [1.54, 1.807) is 0 Å². The van der Waals surface area contributed by atoms with Crippen LogP contribution in [-0.2, 0) is 4.79 Å². The molecule has 2 heteroatoms. The van der Waals surface area contributed by atoms with Crippen LogP contribution in [0, 0.1) is 0 Å². The van der Waals surface area contributed by atoms with Crippen molar-refractivity contribution < 1.29 is 9.90 Å². The van der Waals surface area contributed by atoms with Gasteiger partial charge in [-0.15, -0.1) is 0 Å². The average molecular weight is 254 g/mol. The number of unbranched alkanes of at least 4 members (excludes halogenated alkanes) is 9. The predicted octanol–water partition coefficient (Wildman–Crippen LogP) is 5.33. The summed E-state index contributed by atoms with van der Waals surface area (Å²) < 4.78 is 0. The third-order valence-electron chi connectivity index (χ3n) is 3.15. The van der Waals surface area contributed by atoms with E-state index in [-0.39, 0.29) is 0 Å². The zero-order valence-electron chi connectivity index (χ0n) is 12.0. The fourth-order valence-corrected chi connectivity index (χ4v) is 1.99. The Hall–Kier alpha value is -0.790. The summed E-state index contributed by atoms with van der Waals surface area (Å²) in [6.45, 7) is 2.24. The molecule has 0 aromatic heterocycles. The van der Waals surface area contributed by atoms with Crippen molar-refractivity contribution in [3.8, 4) is 0 Å². The Morgan fingerprint density at radius 1 is 0.833 bits per heavy atom. The minimum absolute atomic E-state index is 0.334. The Bertz CT molecular complexity index is 209. The van der Waals surface area contributed by atoms with Gasteiger partial charge in [-0.05, 0) is 32.1 Å². The molecule has 0 aliphatic rings. The van der Waals surface area contributed by atoms with Gasteiger partial charge in [0.1, 0.15) is 0 Å². The minimum Gasteiger partial charge on any atom is -0.481 e. The maximum atomic E-state index is 10.3. The smallest absolute Gasteiger partial charge is 0.303 e. The van der Waals surface area contributed by atoms with Gasteiger partial charge in [0.25, 0.3) is 0 Å². The topological polar surface area (TPSA) is 37.3 Å². The van der Waals surface area contributed by atoms with Crippen molar-refractivity contribution in [2.24, 2.45) is 0 Å². The molecule has 0 radical (unpaired) electrons. The number of aliphatic carboxylic acids is 1. The number of carbonyl (C=O) groups is 1. The normalized spacial score (nSPS) is 11.2. The summed E-state index contributed by atoms with van der Waals surface area (Å²) in [5, 5.41) is 8.48. The second-order valence-corrected chi connectivity index (χ2v) is 5.02. The van der Waals surface area contributed by atoms with Crippen LogP contribution in [0.3, 0.4) is 0 Å². The van der Waals surface area contributed by atoms with Crippen LogP contribution in [0.1, 0.15) is 84.0 Å². The highest BCUT2D eigenvalue weighted by Gasteiger charge is 1.96. The Morgan fingerprint density at radius 2 is 1.33 bits per heavy atom. The van der Waals surface area contributed by atoms with Crippen LogP contribution in [0.25, 0.3) is 0 Å². The molecule has 0 aromatic carbocycles. The van der Waals surface area contributed by atoms with Gasteiger partial charge in [0, 0.05) is 6.42 Å². The van der Waals surface area contributed by atoms with Gasteiger partial charge in [-0.2, -0.15) is 0 Å². The number of hydrogen-bond donors (Lipinski definition) is 1. The lowest BCUT2D eigenvalue weighted by atomic mass is 10.1. The molecule has 0 rings (SSSR count). The van der Waals surface area contributed by atoms with Crippen molar-refractivity contribution in [3.63, 3.8) is 0 Å². The summed E-state index contributed by atoms with van der Waals surface area (Å²) in [6.07, 6.45) is 18.3. The number of rotatable bonds is 13. The average Bonchev–Trinajstić information content (AvgIpc) is 2.34. The zero-order valence-corrected chi connectivity index (χ0v) is 12.0. The highest BCUT2D eigenvalue weighted by atomic mass is 16.4. The highest BCUT2D eigenvalue weighted by molar-refractivity contribution is 5.66. The standard InChI is InChI=1S/C16H30O2/c1-2-3-4-5-6-7-8-9-10-11-12-13-14-15-16(17)18/h6-7H,2-5,8-15H2,1H3,(H,17,18)/b7-6-. The molecule has 1 N–H and O–H groups in total. The van der Waals surface area contributed by atoms with E-state index in [1.165, 1.54) is 57.8 Å². The Morgan fingerprint density at radius 3 is 1.89 bits per heavy atom. The SMILES string of the molecule is CCCCC/C=C\CCCCCCCCC(=O)O. The maximum absolute atomic E-state index is 10.3. The number of hydrogen-bond acceptors (Lipinski definition) is 1.